The Hall–Kier alpha value is -3.55. The fourth-order valence-corrected chi connectivity index (χ4v) is 4.42. The number of carbonyl (C=O) groups is 2. The average molecular weight is 403 g/mol. The Morgan fingerprint density at radius 2 is 1.97 bits per heavy atom. The van der Waals surface area contributed by atoms with Crippen molar-refractivity contribution in [2.24, 2.45) is 11.8 Å². The number of nitrogens with one attached hydrogen (secondary N) is 1. The maximum absolute atomic E-state index is 13.1. The van der Waals surface area contributed by atoms with E-state index in [1.807, 2.05) is 30.3 Å². The lowest BCUT2D eigenvalue weighted by Crippen LogP contribution is -2.49. The molecule has 0 bridgehead atoms. The van der Waals surface area contributed by atoms with Crippen LogP contribution in [0.3, 0.4) is 0 Å². The number of benzene rings is 1. The second-order valence-corrected chi connectivity index (χ2v) is 7.92. The average Bonchev–Trinajstić information content (AvgIpc) is 3.21. The molecule has 1 aliphatic heterocycles. The third-order valence-corrected chi connectivity index (χ3v) is 6.07. The molecule has 1 aliphatic carbocycles. The normalized spacial score (nSPS) is 24.6. The number of hydrogen-bond acceptors (Lipinski definition) is 6. The second kappa shape index (κ2) is 7.05. The zero-order chi connectivity index (χ0) is 20.8. The van der Waals surface area contributed by atoms with Gasteiger partial charge in [-0.25, -0.2) is 4.98 Å². The minimum atomic E-state index is -0.659. The molecule has 1 fully saturated rings. The van der Waals surface area contributed by atoms with Crippen molar-refractivity contribution in [3.8, 4) is 0 Å². The highest BCUT2D eigenvalue weighted by Gasteiger charge is 2.59. The van der Waals surface area contributed by atoms with Gasteiger partial charge in [-0.2, -0.15) is 0 Å². The van der Waals surface area contributed by atoms with E-state index in [0.29, 0.717) is 18.0 Å². The molecule has 3 aromatic rings. The molecule has 4 atom stereocenters. The summed E-state index contributed by atoms with van der Waals surface area (Å²) in [4.78, 5) is 36.2. The van der Waals surface area contributed by atoms with Gasteiger partial charge >= 0.3 is 0 Å². The van der Waals surface area contributed by atoms with Crippen LogP contribution < -0.4 is 10.2 Å². The standard InChI is InChI=1S/C22H21N5O3/c1-12-16-17(12)19(22(29)27(2)20-18(16)23-8-9-24-20)25-21(28)15-11-14(30-26-15)10-13-6-4-3-5-7-13/h3-9,11-12,16-17,19H,10H2,1-2H3,(H,25,28)/t12?,16?,17?,19-/m0/s1. The van der Waals surface area contributed by atoms with Crippen LogP contribution in [0.4, 0.5) is 5.82 Å². The van der Waals surface area contributed by atoms with E-state index in [1.165, 1.54) is 4.90 Å². The summed E-state index contributed by atoms with van der Waals surface area (Å²) in [5.74, 6) is 0.842. The zero-order valence-corrected chi connectivity index (χ0v) is 16.6. The number of rotatable bonds is 4. The molecule has 5 rings (SSSR count). The number of fused-ring (bicyclic) bond motifs is 3. The molecule has 2 aromatic heterocycles. The van der Waals surface area contributed by atoms with Crippen molar-refractivity contribution in [3.63, 3.8) is 0 Å². The van der Waals surface area contributed by atoms with Gasteiger partial charge in [-0.05, 0) is 11.5 Å². The molecule has 3 unspecified atom stereocenters. The van der Waals surface area contributed by atoms with Gasteiger partial charge in [0.15, 0.2) is 11.5 Å². The number of anilines is 1. The number of likely N-dealkylation sites (N-methyl/N-ethyl adjacent to an activating group) is 1. The van der Waals surface area contributed by atoms with Crippen LogP contribution in [0.1, 0.15) is 40.3 Å². The molecule has 0 saturated heterocycles. The van der Waals surface area contributed by atoms with Crippen molar-refractivity contribution in [1.29, 1.82) is 0 Å². The Labute approximate surface area is 173 Å². The molecular formula is C22H21N5O3. The molecule has 30 heavy (non-hydrogen) atoms. The Morgan fingerprint density at radius 3 is 2.77 bits per heavy atom. The lowest BCUT2D eigenvalue weighted by molar-refractivity contribution is -0.120. The topological polar surface area (TPSA) is 101 Å². The number of hydrogen-bond donors (Lipinski definition) is 1. The van der Waals surface area contributed by atoms with Gasteiger partial charge in [-0.15, -0.1) is 0 Å². The van der Waals surface area contributed by atoms with Crippen molar-refractivity contribution in [2.75, 3.05) is 11.9 Å². The van der Waals surface area contributed by atoms with Crippen molar-refractivity contribution in [3.05, 3.63) is 71.5 Å². The van der Waals surface area contributed by atoms with Gasteiger partial charge < -0.3 is 9.84 Å². The van der Waals surface area contributed by atoms with Gasteiger partial charge in [0.25, 0.3) is 11.8 Å². The SMILES string of the molecule is CC1C2c3nccnc3N(C)C(=O)[C@@H](NC(=O)c3cc(Cc4ccccc4)on3)C12. The van der Waals surface area contributed by atoms with Gasteiger partial charge in [0.2, 0.25) is 0 Å². The van der Waals surface area contributed by atoms with E-state index in [0.717, 1.165) is 11.3 Å². The third kappa shape index (κ3) is 3.04. The molecule has 3 heterocycles. The van der Waals surface area contributed by atoms with Crippen LogP contribution in [0.15, 0.2) is 53.3 Å². The molecule has 8 nitrogen and oxygen atoms in total. The van der Waals surface area contributed by atoms with Crippen LogP contribution in [0.2, 0.25) is 0 Å². The van der Waals surface area contributed by atoms with Crippen molar-refractivity contribution in [1.82, 2.24) is 20.4 Å². The quantitative estimate of drug-likeness (QED) is 0.717. The van der Waals surface area contributed by atoms with Crippen LogP contribution in [0.5, 0.6) is 0 Å². The maximum atomic E-state index is 13.1. The molecule has 0 spiro atoms. The fourth-order valence-electron chi connectivity index (χ4n) is 4.42. The largest absolute Gasteiger partial charge is 0.360 e. The van der Waals surface area contributed by atoms with E-state index < -0.39 is 11.9 Å². The van der Waals surface area contributed by atoms with Crippen molar-refractivity contribution in [2.45, 2.75) is 25.3 Å². The summed E-state index contributed by atoms with van der Waals surface area (Å²) in [6, 6.07) is 10.8. The minimum absolute atomic E-state index is 0.0162. The summed E-state index contributed by atoms with van der Waals surface area (Å²) >= 11 is 0. The van der Waals surface area contributed by atoms with Gasteiger partial charge in [0.1, 0.15) is 11.8 Å². The van der Waals surface area contributed by atoms with Gasteiger partial charge in [-0.1, -0.05) is 42.4 Å². The Bertz CT molecular complexity index is 1110. The first-order valence-corrected chi connectivity index (χ1v) is 9.93. The number of aromatic nitrogens is 3. The Morgan fingerprint density at radius 1 is 1.20 bits per heavy atom. The van der Waals surface area contributed by atoms with Gasteiger partial charge in [0.05, 0.1) is 5.69 Å². The molecule has 0 radical (unpaired) electrons. The summed E-state index contributed by atoms with van der Waals surface area (Å²) in [6.45, 7) is 2.07. The van der Waals surface area contributed by atoms with Gasteiger partial charge in [0, 0.05) is 43.8 Å². The van der Waals surface area contributed by atoms with E-state index >= 15 is 0 Å². The molecule has 152 valence electrons. The minimum Gasteiger partial charge on any atom is -0.360 e. The summed E-state index contributed by atoms with van der Waals surface area (Å²) in [5, 5.41) is 6.79. The van der Waals surface area contributed by atoms with Crippen molar-refractivity contribution < 1.29 is 14.1 Å². The lowest BCUT2D eigenvalue weighted by atomic mass is 10.1. The highest BCUT2D eigenvalue weighted by atomic mass is 16.5. The summed E-state index contributed by atoms with van der Waals surface area (Å²) in [7, 11) is 1.67. The van der Waals surface area contributed by atoms with E-state index in [-0.39, 0.29) is 29.4 Å². The molecule has 1 saturated carbocycles. The summed E-state index contributed by atoms with van der Waals surface area (Å²) in [6.07, 6.45) is 3.76. The Balaban J connectivity index is 1.35. The summed E-state index contributed by atoms with van der Waals surface area (Å²) < 4.78 is 5.33. The molecule has 1 N–H and O–H groups in total. The Kier molecular flexibility index (Phi) is 4.34. The predicted octanol–water partition coefficient (Wildman–Crippen LogP) is 2.18. The number of carbonyl (C=O) groups excluding carboxylic acids is 2. The van der Waals surface area contributed by atoms with Crippen LogP contribution in [0.25, 0.3) is 0 Å². The van der Waals surface area contributed by atoms with E-state index in [4.69, 9.17) is 4.52 Å². The second-order valence-electron chi connectivity index (χ2n) is 7.92. The van der Waals surface area contributed by atoms with Crippen LogP contribution in [0, 0.1) is 11.8 Å². The van der Waals surface area contributed by atoms with E-state index in [9.17, 15) is 9.59 Å². The summed E-state index contributed by atoms with van der Waals surface area (Å²) in [5.41, 5.74) is 2.04. The number of nitrogens with zero attached hydrogens (tertiary/aromatic N) is 4. The molecule has 2 aliphatic rings. The van der Waals surface area contributed by atoms with E-state index in [2.05, 4.69) is 27.4 Å². The van der Waals surface area contributed by atoms with Crippen LogP contribution in [-0.4, -0.2) is 40.0 Å². The monoisotopic (exact) mass is 403 g/mol. The molecular weight excluding hydrogens is 382 g/mol. The highest BCUT2D eigenvalue weighted by Crippen LogP contribution is 2.58. The zero-order valence-electron chi connectivity index (χ0n) is 16.6. The first kappa shape index (κ1) is 18.5. The van der Waals surface area contributed by atoms with Crippen LogP contribution in [-0.2, 0) is 11.2 Å². The fraction of sp³-hybridized carbons (Fsp3) is 0.318. The number of amides is 2. The predicted molar refractivity (Wildman–Crippen MR) is 108 cm³/mol. The van der Waals surface area contributed by atoms with Gasteiger partial charge in [-0.3, -0.25) is 19.5 Å². The maximum Gasteiger partial charge on any atom is 0.274 e. The smallest absolute Gasteiger partial charge is 0.274 e. The third-order valence-electron chi connectivity index (χ3n) is 6.07. The first-order valence-electron chi connectivity index (χ1n) is 9.93. The molecule has 2 amide bonds. The highest BCUT2D eigenvalue weighted by molar-refractivity contribution is 6.02. The molecule has 1 aromatic carbocycles. The van der Waals surface area contributed by atoms with Crippen LogP contribution >= 0.6 is 0 Å². The first-order chi connectivity index (χ1) is 14.5. The molecule has 8 heteroatoms. The van der Waals surface area contributed by atoms with E-state index in [1.54, 1.807) is 25.5 Å². The lowest BCUT2D eigenvalue weighted by Gasteiger charge is -2.22. The van der Waals surface area contributed by atoms with Crippen molar-refractivity contribution >= 4 is 17.6 Å².